The number of ether oxygens (including phenoxy) is 4. The van der Waals surface area contributed by atoms with Gasteiger partial charge in [0, 0.05) is 109 Å². The Morgan fingerprint density at radius 1 is 0.742 bits per heavy atom. The summed E-state index contributed by atoms with van der Waals surface area (Å²) in [5.41, 5.74) is -6.30. The first kappa shape index (κ1) is 93.4. The van der Waals surface area contributed by atoms with Crippen molar-refractivity contribution in [2.75, 3.05) is 75.3 Å². The van der Waals surface area contributed by atoms with E-state index in [0.717, 1.165) is 58.2 Å². The number of carboxylic acids is 2. The summed E-state index contributed by atoms with van der Waals surface area (Å²) in [5, 5.41) is 27.8. The summed E-state index contributed by atoms with van der Waals surface area (Å²) in [6, 6.07) is 19.0. The lowest BCUT2D eigenvalue weighted by atomic mass is 9.75. The SMILES string of the molecule is COC(=O)C[C@H](C(=O)NN(Cc1c(F)cc(-c2ccn(C(F)F)n2)cc1F)C[C@H](OC(=O)CC(C)(C)c1c(CC(=O)Nc2cccc(N(CCC(=O)O)CCC(=O)O)c2)cc(C)cc1CP(=O)(O)O)[C@@H](CC(=O)[C@@H](NC(=O)OC)C(C)(C)C(F)(F)F)Cc1ccc(C#Cc2ccc(N3CC4CCC(C3)N4C3COC3)nc2)cc1)C(C)(C)C(F)(F)F. The van der Waals surface area contributed by atoms with E-state index in [1.165, 1.54) is 86.3 Å². The van der Waals surface area contributed by atoms with Crippen LogP contribution >= 0.6 is 7.60 Å². The van der Waals surface area contributed by atoms with E-state index in [1.54, 1.807) is 12.3 Å². The molecular formula is C82H95F10N10O17P. The first-order valence-corrected chi connectivity index (χ1v) is 40.0. The number of aromatic nitrogens is 3. The van der Waals surface area contributed by atoms with Crippen LogP contribution in [0.2, 0.25) is 0 Å². The summed E-state index contributed by atoms with van der Waals surface area (Å²) in [6.45, 7) is 3.35. The van der Waals surface area contributed by atoms with Crippen molar-refractivity contribution in [2.24, 2.45) is 22.7 Å². The molecule has 120 heavy (non-hydrogen) atoms. The van der Waals surface area contributed by atoms with E-state index in [1.807, 2.05) is 11.4 Å². The lowest BCUT2D eigenvalue weighted by Crippen LogP contribution is -2.62. The first-order chi connectivity index (χ1) is 56.1. The maximum absolute atomic E-state index is 17.0. The van der Waals surface area contributed by atoms with E-state index in [2.05, 4.69) is 42.2 Å². The van der Waals surface area contributed by atoms with Crippen molar-refractivity contribution >= 4 is 72.4 Å². The van der Waals surface area contributed by atoms with E-state index in [4.69, 9.17) is 19.2 Å². The summed E-state index contributed by atoms with van der Waals surface area (Å²) < 4.78 is 188. The number of carbonyl (C=O) groups is 8. The highest BCUT2D eigenvalue weighted by atomic mass is 31.2. The van der Waals surface area contributed by atoms with Gasteiger partial charge in [-0.2, -0.15) is 40.2 Å². The monoisotopic (exact) mass is 1710 g/mol. The molecule has 2 unspecified atom stereocenters. The third-order valence-corrected chi connectivity index (χ3v) is 22.6. The van der Waals surface area contributed by atoms with Gasteiger partial charge in [0.15, 0.2) is 5.78 Å². The van der Waals surface area contributed by atoms with Crippen LogP contribution in [0.1, 0.15) is 138 Å². The average Bonchev–Trinajstić information content (AvgIpc) is 1.37. The normalized spacial score (nSPS) is 16.4. The highest BCUT2D eigenvalue weighted by Gasteiger charge is 2.57. The molecule has 0 spiro atoms. The fraction of sp³-hybridized carbons (Fsp3) is 0.488. The molecule has 2 bridgehead atoms. The minimum absolute atomic E-state index is 0.0368. The van der Waals surface area contributed by atoms with Gasteiger partial charge >= 0.3 is 56.5 Å². The van der Waals surface area contributed by atoms with Gasteiger partial charge in [0.2, 0.25) is 11.8 Å². The molecule has 0 radical (unpaired) electrons. The standard InChI is InChI=1S/C82H95F10N10O17P/c1-47-29-53(35-68(104)94-55-11-10-12-56(36-55)98(26-24-69(105)106)27-25-70(107)108)73(54(30-47)46-120(113,114)115)78(2,3)38-72(110)119-66(43-100(97-75(111)61(37-71(109)116-8)79(4,5)81(87,88)89)42-60-62(83)32-51(33-63(60)84)64-23-28-101(96-64)76(85)86)52(34-65(103)74(95-77(112)117-9)80(6,7)82(90,91)92)31-49-16-13-48(14-17-49)15-18-50-19-22-67(93-39-50)99-40-57-20-21-58(41-99)102(57)59-44-118-45-59/h10-14,16-17,19,22-23,28-30,32-33,36,39,52,57-59,61,66,74,76H,20-21,24-27,31,34-35,37-38,40-46H2,1-9H3,(H,94,104)(H,95,112)(H,97,111)(H,105,106)(H,107,108)(H2,113,114,115)/t52-,57?,58?,61-,66+,74-/m1/s1. The number of carbonyl (C=O) groups excluding carboxylic acids is 6. The molecule has 3 fully saturated rings. The topological polar surface area (TPSA) is 351 Å². The fourth-order valence-corrected chi connectivity index (χ4v) is 16.0. The van der Waals surface area contributed by atoms with E-state index in [0.29, 0.717) is 98.6 Å². The molecule has 6 aromatic rings. The number of ketones is 1. The number of methoxy groups -OCH3 is 2. The number of esters is 2. The highest BCUT2D eigenvalue weighted by Crippen LogP contribution is 2.48. The summed E-state index contributed by atoms with van der Waals surface area (Å²) in [4.78, 5) is 142. The summed E-state index contributed by atoms with van der Waals surface area (Å²) in [6.07, 6.45) is -16.5. The van der Waals surface area contributed by atoms with Crippen LogP contribution in [0.25, 0.3) is 11.3 Å². The molecule has 0 saturated carbocycles. The van der Waals surface area contributed by atoms with Crippen molar-refractivity contribution in [1.29, 1.82) is 0 Å². The quantitative estimate of drug-likeness (QED) is 0.00476. The number of alkyl halides is 8. The van der Waals surface area contributed by atoms with E-state index in [9.17, 15) is 62.1 Å². The van der Waals surface area contributed by atoms with Crippen molar-refractivity contribution in [3.8, 4) is 23.1 Å². The number of nitrogens with zero attached hydrogens (tertiary/aromatic N) is 7. The molecule has 38 heteroatoms. The number of hydrogen-bond acceptors (Lipinski definition) is 19. The van der Waals surface area contributed by atoms with Crippen LogP contribution in [0, 0.1) is 53.1 Å². The Labute approximate surface area is 684 Å². The average molecular weight is 1710 g/mol. The molecule has 2 aromatic heterocycles. The molecule has 3 amide bonds. The number of fused-ring (bicyclic) bond motifs is 2. The third-order valence-electron chi connectivity index (χ3n) is 21.9. The maximum atomic E-state index is 17.0. The first-order valence-electron chi connectivity index (χ1n) is 38.2. The number of hydrazine groups is 1. The minimum Gasteiger partial charge on any atom is -0.481 e. The number of pyridine rings is 1. The van der Waals surface area contributed by atoms with Crippen molar-refractivity contribution in [3.63, 3.8) is 0 Å². The summed E-state index contributed by atoms with van der Waals surface area (Å²) in [7, 11) is -3.55. The van der Waals surface area contributed by atoms with Gasteiger partial charge in [0.1, 0.15) is 29.6 Å². The number of hydrogen-bond donors (Lipinski definition) is 7. The number of halogens is 10. The van der Waals surface area contributed by atoms with Crippen molar-refractivity contribution in [1.82, 2.24) is 35.4 Å². The number of aliphatic carboxylic acids is 2. The number of Topliss-reactive ketones (excluding diaryl/α,β-unsaturated/α-hetero) is 1. The Morgan fingerprint density at radius 3 is 1.89 bits per heavy atom. The van der Waals surface area contributed by atoms with Gasteiger partial charge in [-0.3, -0.25) is 48.5 Å². The second kappa shape index (κ2) is 38.9. The van der Waals surface area contributed by atoms with E-state index >= 15 is 44.7 Å². The van der Waals surface area contributed by atoms with Gasteiger partial charge in [0.05, 0.1) is 101 Å². The molecule has 9 rings (SSSR count). The Bertz CT molecular complexity index is 4780. The predicted octanol–water partition coefficient (Wildman–Crippen LogP) is 12.0. The highest BCUT2D eigenvalue weighted by molar-refractivity contribution is 7.50. The van der Waals surface area contributed by atoms with Crippen molar-refractivity contribution in [2.45, 2.75) is 174 Å². The van der Waals surface area contributed by atoms with Crippen molar-refractivity contribution < 1.29 is 126 Å². The predicted molar refractivity (Wildman–Crippen MR) is 415 cm³/mol. The number of piperazine rings is 1. The van der Waals surface area contributed by atoms with Crippen LogP contribution in [-0.2, 0) is 88.0 Å². The van der Waals surface area contributed by atoms with Crippen LogP contribution < -0.4 is 25.9 Å². The zero-order valence-electron chi connectivity index (χ0n) is 67.1. The van der Waals surface area contributed by atoms with Gasteiger partial charge in [-0.25, -0.2) is 28.3 Å². The van der Waals surface area contributed by atoms with Gasteiger partial charge < -0.3 is 59.4 Å². The largest absolute Gasteiger partial charge is 0.481 e. The van der Waals surface area contributed by atoms with Gasteiger partial charge in [-0.1, -0.05) is 75.4 Å². The molecule has 4 aromatic carbocycles. The Morgan fingerprint density at radius 2 is 1.35 bits per heavy atom. The van der Waals surface area contributed by atoms with E-state index < -0.39 is 207 Å². The number of anilines is 3. The molecule has 650 valence electrons. The minimum atomic E-state index is -5.34. The number of alkyl carbamates (subject to hydrolysis) is 1. The second-order valence-electron chi connectivity index (χ2n) is 31.9. The molecule has 7 N–H and O–H groups in total. The van der Waals surface area contributed by atoms with Crippen LogP contribution in [0.4, 0.5) is 65.9 Å². The lowest BCUT2D eigenvalue weighted by molar-refractivity contribution is -0.231. The number of carboxylic acid groups (broad SMARTS) is 2. The fourth-order valence-electron chi connectivity index (χ4n) is 15.3. The molecule has 3 aliphatic rings. The molecule has 3 aliphatic heterocycles. The Hall–Kier alpha value is -10.5. The van der Waals surface area contributed by atoms with Crippen molar-refractivity contribution in [3.05, 3.63) is 160 Å². The smallest absolute Gasteiger partial charge is 0.407 e. The van der Waals surface area contributed by atoms with E-state index in [-0.39, 0.29) is 45.7 Å². The molecule has 3 saturated heterocycles. The van der Waals surface area contributed by atoms with Crippen LogP contribution in [0.15, 0.2) is 103 Å². The molecule has 0 aliphatic carbocycles. The maximum Gasteiger partial charge on any atom is 0.407 e. The third kappa shape index (κ3) is 24.2. The summed E-state index contributed by atoms with van der Waals surface area (Å²) >= 11 is 0. The molecule has 5 heterocycles. The molecular weight excluding hydrogens is 1620 g/mol. The molecule has 6 atom stereocenters. The van der Waals surface area contributed by atoms with Crippen LogP contribution in [-0.4, -0.2) is 195 Å². The van der Waals surface area contributed by atoms with Gasteiger partial charge in [-0.05, 0) is 123 Å². The van der Waals surface area contributed by atoms with Crippen LogP contribution in [0.3, 0.4) is 0 Å². The Balaban J connectivity index is 1.16. The number of nitrogens with one attached hydrogen (secondary N) is 3. The number of aryl methyl sites for hydroxylation is 1. The second-order valence-corrected chi connectivity index (χ2v) is 33.6. The molecule has 27 nitrogen and oxygen atoms in total. The lowest BCUT2D eigenvalue weighted by Gasteiger charge is -2.47. The van der Waals surface area contributed by atoms with Crippen LogP contribution in [0.5, 0.6) is 0 Å². The van der Waals surface area contributed by atoms with Gasteiger partial charge in [-0.15, -0.1) is 0 Å². The van der Waals surface area contributed by atoms with Gasteiger partial charge in [0.25, 0.3) is 0 Å². The summed E-state index contributed by atoms with van der Waals surface area (Å²) in [5.74, 6) is -9.65. The number of amides is 3. The number of rotatable bonds is 37. The number of benzene rings is 4. The Kier molecular flexibility index (Phi) is 30.3. The zero-order chi connectivity index (χ0) is 88.3. The zero-order valence-corrected chi connectivity index (χ0v) is 68.0.